The van der Waals surface area contributed by atoms with E-state index in [2.05, 4.69) is 5.32 Å². The Labute approximate surface area is 222 Å². The zero-order valence-corrected chi connectivity index (χ0v) is 23.4. The number of hydrogen-bond donors (Lipinski definition) is 1. The van der Waals surface area contributed by atoms with Gasteiger partial charge in [0, 0.05) is 12.6 Å². The van der Waals surface area contributed by atoms with E-state index in [1.54, 1.807) is 17.0 Å². The molecule has 1 saturated carbocycles. The number of nitrogens with zero attached hydrogens (tertiary/aromatic N) is 2. The van der Waals surface area contributed by atoms with Crippen molar-refractivity contribution in [3.05, 3.63) is 65.2 Å². The van der Waals surface area contributed by atoms with E-state index in [1.165, 1.54) is 6.42 Å². The smallest absolute Gasteiger partial charge is 0.244 e. The minimum absolute atomic E-state index is 0.121. The van der Waals surface area contributed by atoms with Crippen LogP contribution in [0.15, 0.2) is 48.5 Å². The molecule has 1 aliphatic rings. The van der Waals surface area contributed by atoms with Crippen molar-refractivity contribution >= 4 is 27.5 Å². The summed E-state index contributed by atoms with van der Waals surface area (Å²) in [5.41, 5.74) is 3.46. The summed E-state index contributed by atoms with van der Waals surface area (Å²) in [6.07, 6.45) is 7.62. The van der Waals surface area contributed by atoms with Crippen LogP contribution in [0.4, 0.5) is 5.69 Å². The van der Waals surface area contributed by atoms with Crippen molar-refractivity contribution in [3.8, 4) is 0 Å². The van der Waals surface area contributed by atoms with Gasteiger partial charge in [-0.2, -0.15) is 0 Å². The van der Waals surface area contributed by atoms with Crippen molar-refractivity contribution in [2.24, 2.45) is 0 Å². The molecule has 2 amide bonds. The molecule has 1 aliphatic carbocycles. The number of carbonyl (C=O) groups is 2. The van der Waals surface area contributed by atoms with Gasteiger partial charge >= 0.3 is 0 Å². The molecule has 0 bridgehead atoms. The number of anilines is 1. The fraction of sp³-hybridized carbons (Fsp3) is 0.517. The van der Waals surface area contributed by atoms with E-state index in [1.807, 2.05) is 57.2 Å². The summed E-state index contributed by atoms with van der Waals surface area (Å²) in [5, 5.41) is 3.17. The van der Waals surface area contributed by atoms with E-state index >= 15 is 0 Å². The molecule has 0 aromatic heterocycles. The average Bonchev–Trinajstić information content (AvgIpc) is 2.87. The molecule has 3 rings (SSSR count). The number of amides is 2. The SMILES string of the molecule is CCc1ccc(N(CC(=O)N(Cc2cccc(C)c2)[C@H](CC)C(=O)NC2CCCCC2)S(C)(=O)=O)cc1. The molecular weight excluding hydrogens is 486 g/mol. The van der Waals surface area contributed by atoms with Crippen molar-refractivity contribution in [2.45, 2.75) is 84.3 Å². The Morgan fingerprint density at radius 3 is 2.24 bits per heavy atom. The van der Waals surface area contributed by atoms with E-state index in [-0.39, 0.29) is 25.0 Å². The van der Waals surface area contributed by atoms with Gasteiger partial charge < -0.3 is 10.2 Å². The number of aryl methyl sites for hydroxylation is 2. The Kier molecular flexibility index (Phi) is 10.1. The number of carbonyl (C=O) groups excluding carboxylic acids is 2. The summed E-state index contributed by atoms with van der Waals surface area (Å²) in [6, 6.07) is 14.4. The van der Waals surface area contributed by atoms with Crippen molar-refractivity contribution in [1.29, 1.82) is 0 Å². The first kappa shape index (κ1) is 28.7. The molecular formula is C29H41N3O4S. The summed E-state index contributed by atoms with van der Waals surface area (Å²) >= 11 is 0. The Morgan fingerprint density at radius 1 is 1.00 bits per heavy atom. The molecule has 37 heavy (non-hydrogen) atoms. The van der Waals surface area contributed by atoms with Crippen molar-refractivity contribution < 1.29 is 18.0 Å². The topological polar surface area (TPSA) is 86.8 Å². The van der Waals surface area contributed by atoms with E-state index in [9.17, 15) is 18.0 Å². The summed E-state index contributed by atoms with van der Waals surface area (Å²) in [4.78, 5) is 28.8. The minimum atomic E-state index is -3.74. The van der Waals surface area contributed by atoms with Crippen LogP contribution in [0.3, 0.4) is 0 Å². The molecule has 8 heteroatoms. The molecule has 7 nitrogen and oxygen atoms in total. The molecule has 0 radical (unpaired) electrons. The highest BCUT2D eigenvalue weighted by atomic mass is 32.2. The minimum Gasteiger partial charge on any atom is -0.352 e. The molecule has 1 atom stereocenters. The van der Waals surface area contributed by atoms with E-state index in [0.29, 0.717) is 12.1 Å². The highest BCUT2D eigenvalue weighted by Crippen LogP contribution is 2.22. The normalized spacial score (nSPS) is 15.1. The molecule has 0 spiro atoms. The maximum Gasteiger partial charge on any atom is 0.244 e. The van der Waals surface area contributed by atoms with Crippen LogP contribution in [-0.2, 0) is 32.6 Å². The van der Waals surface area contributed by atoms with Crippen LogP contribution in [0.1, 0.15) is 69.1 Å². The Balaban J connectivity index is 1.90. The summed E-state index contributed by atoms with van der Waals surface area (Å²) in [7, 11) is -3.74. The van der Waals surface area contributed by atoms with Crippen molar-refractivity contribution in [3.63, 3.8) is 0 Å². The lowest BCUT2D eigenvalue weighted by atomic mass is 9.95. The molecule has 1 fully saturated rings. The summed E-state index contributed by atoms with van der Waals surface area (Å²) < 4.78 is 26.6. The third-order valence-electron chi connectivity index (χ3n) is 7.08. The van der Waals surface area contributed by atoms with Crippen molar-refractivity contribution in [2.75, 3.05) is 17.1 Å². The number of hydrogen-bond acceptors (Lipinski definition) is 4. The molecule has 202 valence electrons. The standard InChI is InChI=1S/C29H41N3O4S/c1-5-23-15-17-26(18-16-23)32(37(4,35)36)21-28(33)31(20-24-12-10-11-22(3)19-24)27(6-2)29(34)30-25-13-8-7-9-14-25/h10-12,15-19,25,27H,5-9,13-14,20-21H2,1-4H3,(H,30,34)/t27-/m1/s1. The van der Waals surface area contributed by atoms with Gasteiger partial charge in [-0.3, -0.25) is 13.9 Å². The Bertz CT molecular complexity index is 1160. The van der Waals surface area contributed by atoms with Gasteiger partial charge in [0.15, 0.2) is 0 Å². The predicted octanol–water partition coefficient (Wildman–Crippen LogP) is 4.58. The number of nitrogens with one attached hydrogen (secondary N) is 1. The summed E-state index contributed by atoms with van der Waals surface area (Å²) in [6.45, 7) is 5.75. The first-order valence-electron chi connectivity index (χ1n) is 13.3. The molecule has 2 aromatic rings. The maximum absolute atomic E-state index is 13.8. The van der Waals surface area contributed by atoms with Crippen LogP contribution >= 0.6 is 0 Å². The van der Waals surface area contributed by atoms with Crippen LogP contribution < -0.4 is 9.62 Å². The number of benzene rings is 2. The third-order valence-corrected chi connectivity index (χ3v) is 8.23. The summed E-state index contributed by atoms with van der Waals surface area (Å²) in [5.74, 6) is -0.578. The van der Waals surface area contributed by atoms with Gasteiger partial charge in [0.1, 0.15) is 12.6 Å². The lowest BCUT2D eigenvalue weighted by Crippen LogP contribution is -2.53. The average molecular weight is 528 g/mol. The van der Waals surface area contributed by atoms with E-state index in [0.717, 1.165) is 59.4 Å². The molecule has 0 heterocycles. The third kappa shape index (κ3) is 8.06. The first-order valence-corrected chi connectivity index (χ1v) is 15.2. The van der Waals surface area contributed by atoms with Gasteiger partial charge in [0.25, 0.3) is 0 Å². The fourth-order valence-corrected chi connectivity index (χ4v) is 5.83. The second kappa shape index (κ2) is 13.1. The molecule has 0 unspecified atom stereocenters. The second-order valence-electron chi connectivity index (χ2n) is 10.1. The van der Waals surface area contributed by atoms with Crippen LogP contribution in [0.5, 0.6) is 0 Å². The largest absolute Gasteiger partial charge is 0.352 e. The second-order valence-corrected chi connectivity index (χ2v) is 12.0. The lowest BCUT2D eigenvalue weighted by Gasteiger charge is -2.34. The quantitative estimate of drug-likeness (QED) is 0.463. The van der Waals surface area contributed by atoms with Crippen molar-refractivity contribution in [1.82, 2.24) is 10.2 Å². The van der Waals surface area contributed by atoms with Gasteiger partial charge in [-0.1, -0.05) is 75.1 Å². The zero-order valence-electron chi connectivity index (χ0n) is 22.6. The number of sulfonamides is 1. The molecule has 0 saturated heterocycles. The molecule has 2 aromatic carbocycles. The van der Waals surface area contributed by atoms with E-state index < -0.39 is 22.0 Å². The Hall–Kier alpha value is -2.87. The molecule has 1 N–H and O–H groups in total. The Morgan fingerprint density at radius 2 is 1.68 bits per heavy atom. The van der Waals surface area contributed by atoms with Crippen LogP contribution in [0.25, 0.3) is 0 Å². The predicted molar refractivity (Wildman–Crippen MR) is 149 cm³/mol. The monoisotopic (exact) mass is 527 g/mol. The number of rotatable bonds is 11. The molecule has 0 aliphatic heterocycles. The van der Waals surface area contributed by atoms with Crippen LogP contribution in [0, 0.1) is 6.92 Å². The first-order chi connectivity index (χ1) is 17.6. The highest BCUT2D eigenvalue weighted by molar-refractivity contribution is 7.92. The van der Waals surface area contributed by atoms with E-state index in [4.69, 9.17) is 0 Å². The van der Waals surface area contributed by atoms with Crippen LogP contribution in [-0.4, -0.2) is 50.0 Å². The fourth-order valence-electron chi connectivity index (χ4n) is 4.98. The van der Waals surface area contributed by atoms with Gasteiger partial charge in [0.2, 0.25) is 21.8 Å². The zero-order chi connectivity index (χ0) is 27.0. The maximum atomic E-state index is 13.8. The highest BCUT2D eigenvalue weighted by Gasteiger charge is 2.32. The van der Waals surface area contributed by atoms with Crippen LogP contribution in [0.2, 0.25) is 0 Å². The van der Waals surface area contributed by atoms with Gasteiger partial charge in [-0.25, -0.2) is 8.42 Å². The van der Waals surface area contributed by atoms with Gasteiger partial charge in [-0.05, 0) is 55.9 Å². The van der Waals surface area contributed by atoms with Gasteiger partial charge in [-0.15, -0.1) is 0 Å². The van der Waals surface area contributed by atoms with Gasteiger partial charge in [0.05, 0.1) is 11.9 Å². The lowest BCUT2D eigenvalue weighted by molar-refractivity contribution is -0.140.